The second-order valence-corrected chi connectivity index (χ2v) is 5.18. The van der Waals surface area contributed by atoms with Gasteiger partial charge in [0.25, 0.3) is 0 Å². The van der Waals surface area contributed by atoms with Gasteiger partial charge in [-0.05, 0) is 32.9 Å². The van der Waals surface area contributed by atoms with Crippen LogP contribution in [0.3, 0.4) is 0 Å². The molecule has 100 valence electrons. The molecule has 0 amide bonds. The molecule has 2 aliphatic rings. The van der Waals surface area contributed by atoms with Gasteiger partial charge < -0.3 is 14.8 Å². The van der Waals surface area contributed by atoms with Gasteiger partial charge in [0, 0.05) is 6.42 Å². The Morgan fingerprint density at radius 3 is 2.94 bits per heavy atom. The molecule has 1 atom stereocenters. The van der Waals surface area contributed by atoms with Crippen LogP contribution in [0.2, 0.25) is 0 Å². The highest BCUT2D eigenvalue weighted by Gasteiger charge is 2.41. The number of aromatic nitrogens is 2. The molecule has 3 heterocycles. The van der Waals surface area contributed by atoms with Crippen molar-refractivity contribution in [3.8, 4) is 0 Å². The topological polar surface area (TPSA) is 69.4 Å². The monoisotopic (exact) mass is 253 g/mol. The Labute approximate surface area is 106 Å². The van der Waals surface area contributed by atoms with Crippen LogP contribution in [0.4, 0.5) is 0 Å². The van der Waals surface area contributed by atoms with E-state index in [1.807, 2.05) is 6.92 Å². The Bertz CT molecular complexity index is 401. The molecule has 18 heavy (non-hydrogen) atoms. The van der Waals surface area contributed by atoms with Crippen molar-refractivity contribution in [2.75, 3.05) is 19.7 Å². The number of rotatable bonds is 3. The molecule has 1 unspecified atom stereocenters. The van der Waals surface area contributed by atoms with Gasteiger partial charge in [0.1, 0.15) is 11.4 Å². The molecule has 2 fully saturated rings. The fourth-order valence-corrected chi connectivity index (χ4v) is 2.72. The second-order valence-electron chi connectivity index (χ2n) is 5.18. The number of piperidine rings is 1. The fraction of sp³-hybridized carbons (Fsp3) is 0.833. The Morgan fingerprint density at radius 2 is 2.22 bits per heavy atom. The first-order valence-corrected chi connectivity index (χ1v) is 6.52. The molecule has 6 nitrogen and oxygen atoms in total. The van der Waals surface area contributed by atoms with Crippen molar-refractivity contribution in [1.82, 2.24) is 15.6 Å². The number of aryl methyl sites for hydroxylation is 1. The number of ether oxygens (including phenoxy) is 2. The Hall–Kier alpha value is -0.980. The standard InChI is InChI=1S/C12H19N3O3/c1-9-11(15-18-14-9)8-16-10-6-12(17-7-10)2-4-13-5-3-12/h10,13H,2-8H2,1H3. The molecule has 0 aromatic carbocycles. The zero-order chi connectivity index (χ0) is 12.4. The molecule has 1 N–H and O–H groups in total. The van der Waals surface area contributed by atoms with Crippen LogP contribution in [-0.4, -0.2) is 41.7 Å². The summed E-state index contributed by atoms with van der Waals surface area (Å²) in [4.78, 5) is 0. The predicted octanol–water partition coefficient (Wildman–Crippen LogP) is 0.806. The third-order valence-electron chi connectivity index (χ3n) is 3.89. The van der Waals surface area contributed by atoms with E-state index in [0.717, 1.165) is 43.7 Å². The van der Waals surface area contributed by atoms with E-state index >= 15 is 0 Å². The molecule has 6 heteroatoms. The van der Waals surface area contributed by atoms with Gasteiger partial charge in [-0.1, -0.05) is 10.3 Å². The number of hydrogen-bond donors (Lipinski definition) is 1. The molecule has 2 saturated heterocycles. The van der Waals surface area contributed by atoms with E-state index in [1.165, 1.54) is 0 Å². The van der Waals surface area contributed by atoms with E-state index in [4.69, 9.17) is 9.47 Å². The van der Waals surface area contributed by atoms with Crippen molar-refractivity contribution in [2.24, 2.45) is 0 Å². The second kappa shape index (κ2) is 4.95. The first-order valence-electron chi connectivity index (χ1n) is 6.52. The quantitative estimate of drug-likeness (QED) is 0.859. The van der Waals surface area contributed by atoms with Crippen molar-refractivity contribution >= 4 is 0 Å². The largest absolute Gasteiger partial charge is 0.372 e. The summed E-state index contributed by atoms with van der Waals surface area (Å²) in [6, 6.07) is 0. The summed E-state index contributed by atoms with van der Waals surface area (Å²) in [6.45, 7) is 5.09. The van der Waals surface area contributed by atoms with Crippen LogP contribution >= 0.6 is 0 Å². The molecule has 0 radical (unpaired) electrons. The number of nitrogens with zero attached hydrogens (tertiary/aromatic N) is 2. The van der Waals surface area contributed by atoms with Gasteiger partial charge in [0.15, 0.2) is 0 Å². The summed E-state index contributed by atoms with van der Waals surface area (Å²) in [5.74, 6) is 0. The lowest BCUT2D eigenvalue weighted by molar-refractivity contribution is -0.0243. The Kier molecular flexibility index (Phi) is 3.32. The summed E-state index contributed by atoms with van der Waals surface area (Å²) in [6.07, 6.45) is 3.31. The van der Waals surface area contributed by atoms with Gasteiger partial charge in [0.05, 0.1) is 24.9 Å². The van der Waals surface area contributed by atoms with Crippen molar-refractivity contribution < 1.29 is 14.1 Å². The van der Waals surface area contributed by atoms with Gasteiger partial charge in [0.2, 0.25) is 0 Å². The average molecular weight is 253 g/mol. The third-order valence-corrected chi connectivity index (χ3v) is 3.89. The highest BCUT2D eigenvalue weighted by atomic mass is 16.6. The van der Waals surface area contributed by atoms with Crippen LogP contribution in [-0.2, 0) is 16.1 Å². The molecule has 0 aliphatic carbocycles. The first kappa shape index (κ1) is 12.1. The highest BCUT2D eigenvalue weighted by Crippen LogP contribution is 2.35. The maximum Gasteiger partial charge on any atom is 0.133 e. The minimum Gasteiger partial charge on any atom is -0.372 e. The molecule has 1 aromatic rings. The van der Waals surface area contributed by atoms with Gasteiger partial charge in [-0.3, -0.25) is 0 Å². The molecular weight excluding hydrogens is 234 g/mol. The van der Waals surface area contributed by atoms with E-state index in [2.05, 4.69) is 20.3 Å². The van der Waals surface area contributed by atoms with Crippen LogP contribution in [0.5, 0.6) is 0 Å². The molecule has 1 aromatic heterocycles. The van der Waals surface area contributed by atoms with Crippen LogP contribution in [0.25, 0.3) is 0 Å². The van der Waals surface area contributed by atoms with E-state index in [0.29, 0.717) is 13.2 Å². The SMILES string of the molecule is Cc1nonc1COC1COC2(CCNCC2)C1. The fourth-order valence-electron chi connectivity index (χ4n) is 2.72. The Balaban J connectivity index is 1.52. The van der Waals surface area contributed by atoms with Crippen molar-refractivity contribution in [3.05, 3.63) is 11.4 Å². The summed E-state index contributed by atoms with van der Waals surface area (Å²) in [5.41, 5.74) is 1.62. The van der Waals surface area contributed by atoms with E-state index < -0.39 is 0 Å². The lowest BCUT2D eigenvalue weighted by Gasteiger charge is -2.32. The van der Waals surface area contributed by atoms with Crippen molar-refractivity contribution in [3.63, 3.8) is 0 Å². The summed E-state index contributed by atoms with van der Waals surface area (Å²) in [7, 11) is 0. The lowest BCUT2D eigenvalue weighted by Crippen LogP contribution is -2.41. The number of hydrogen-bond acceptors (Lipinski definition) is 6. The van der Waals surface area contributed by atoms with Gasteiger partial charge in [-0.15, -0.1) is 0 Å². The normalized spacial score (nSPS) is 26.8. The molecular formula is C12H19N3O3. The smallest absolute Gasteiger partial charge is 0.133 e. The van der Waals surface area contributed by atoms with Crippen molar-refractivity contribution in [1.29, 1.82) is 0 Å². The first-order chi connectivity index (χ1) is 8.77. The van der Waals surface area contributed by atoms with E-state index in [9.17, 15) is 0 Å². The average Bonchev–Trinajstić information content (AvgIpc) is 2.96. The number of nitrogens with one attached hydrogen (secondary N) is 1. The van der Waals surface area contributed by atoms with Crippen LogP contribution < -0.4 is 5.32 Å². The van der Waals surface area contributed by atoms with Gasteiger partial charge in [-0.25, -0.2) is 4.63 Å². The Morgan fingerprint density at radius 1 is 1.39 bits per heavy atom. The van der Waals surface area contributed by atoms with Crippen LogP contribution in [0, 0.1) is 6.92 Å². The van der Waals surface area contributed by atoms with Crippen molar-refractivity contribution in [2.45, 2.75) is 44.5 Å². The molecule has 1 spiro atoms. The lowest BCUT2D eigenvalue weighted by atomic mass is 9.89. The summed E-state index contributed by atoms with van der Waals surface area (Å²) in [5, 5.41) is 10.9. The van der Waals surface area contributed by atoms with Gasteiger partial charge >= 0.3 is 0 Å². The van der Waals surface area contributed by atoms with Crippen LogP contribution in [0.1, 0.15) is 30.7 Å². The van der Waals surface area contributed by atoms with E-state index in [-0.39, 0.29) is 11.7 Å². The highest BCUT2D eigenvalue weighted by molar-refractivity contribution is 5.03. The van der Waals surface area contributed by atoms with Gasteiger partial charge in [-0.2, -0.15) is 0 Å². The van der Waals surface area contributed by atoms with Crippen LogP contribution in [0.15, 0.2) is 4.63 Å². The zero-order valence-corrected chi connectivity index (χ0v) is 10.6. The molecule has 2 aliphatic heterocycles. The molecule has 3 rings (SSSR count). The maximum absolute atomic E-state index is 5.97. The zero-order valence-electron chi connectivity index (χ0n) is 10.6. The maximum atomic E-state index is 5.97. The van der Waals surface area contributed by atoms with E-state index in [1.54, 1.807) is 0 Å². The minimum atomic E-state index is 0.0486. The molecule has 0 bridgehead atoms. The molecule has 0 saturated carbocycles. The third kappa shape index (κ3) is 2.41. The summed E-state index contributed by atoms with van der Waals surface area (Å²) < 4.78 is 16.5. The minimum absolute atomic E-state index is 0.0486. The predicted molar refractivity (Wildman–Crippen MR) is 63.0 cm³/mol. The summed E-state index contributed by atoms with van der Waals surface area (Å²) >= 11 is 0.